The lowest BCUT2D eigenvalue weighted by atomic mass is 10.1. The van der Waals surface area contributed by atoms with Crippen molar-refractivity contribution in [2.24, 2.45) is 7.05 Å². The largest absolute Gasteiger partial charge is 0.496 e. The topological polar surface area (TPSA) is 62.3 Å². The monoisotopic (exact) mass is 281 g/mol. The molecule has 0 aliphatic heterocycles. The number of halogens is 1. The fraction of sp³-hybridized carbons (Fsp3) is 0.308. The van der Waals surface area contributed by atoms with Crippen molar-refractivity contribution >= 4 is 17.4 Å². The summed E-state index contributed by atoms with van der Waals surface area (Å²) in [5.41, 5.74) is 8.07. The van der Waals surface area contributed by atoms with Gasteiger partial charge in [0.1, 0.15) is 17.3 Å². The number of aromatic nitrogens is 2. The van der Waals surface area contributed by atoms with Gasteiger partial charge in [0.05, 0.1) is 24.9 Å². The first kappa shape index (κ1) is 13.5. The lowest BCUT2D eigenvalue weighted by molar-refractivity contribution is 0.402. The van der Waals surface area contributed by atoms with Crippen LogP contribution in [0.25, 0.3) is 11.3 Å². The Kier molecular flexibility index (Phi) is 3.57. The van der Waals surface area contributed by atoms with Crippen LogP contribution in [0.5, 0.6) is 11.5 Å². The number of hydrogen-bond acceptors (Lipinski definition) is 4. The maximum Gasteiger partial charge on any atom is 0.147 e. The van der Waals surface area contributed by atoms with E-state index in [4.69, 9.17) is 26.8 Å². The summed E-state index contributed by atoms with van der Waals surface area (Å²) in [5, 5.41) is 4.85. The van der Waals surface area contributed by atoms with Crippen molar-refractivity contribution in [2.45, 2.75) is 6.92 Å². The average Bonchev–Trinajstić information content (AvgIpc) is 2.72. The molecule has 0 bridgehead atoms. The Morgan fingerprint density at radius 1 is 1.26 bits per heavy atom. The van der Waals surface area contributed by atoms with Gasteiger partial charge in [-0.3, -0.25) is 4.68 Å². The molecule has 0 saturated carbocycles. The molecular formula is C13H16ClN3O2. The van der Waals surface area contributed by atoms with Gasteiger partial charge in [-0.25, -0.2) is 0 Å². The van der Waals surface area contributed by atoms with Crippen molar-refractivity contribution in [1.29, 1.82) is 0 Å². The molecule has 0 aliphatic rings. The zero-order valence-electron chi connectivity index (χ0n) is 11.3. The predicted molar refractivity (Wildman–Crippen MR) is 75.9 cm³/mol. The maximum absolute atomic E-state index is 6.31. The summed E-state index contributed by atoms with van der Waals surface area (Å²) < 4.78 is 12.3. The second kappa shape index (κ2) is 5.01. The van der Waals surface area contributed by atoms with E-state index in [2.05, 4.69) is 5.10 Å². The molecule has 19 heavy (non-hydrogen) atoms. The highest BCUT2D eigenvalue weighted by Crippen LogP contribution is 2.42. The van der Waals surface area contributed by atoms with Gasteiger partial charge in [0.25, 0.3) is 0 Å². The van der Waals surface area contributed by atoms with Crippen molar-refractivity contribution in [3.05, 3.63) is 22.7 Å². The molecule has 0 aliphatic carbocycles. The van der Waals surface area contributed by atoms with Crippen LogP contribution in [0.2, 0.25) is 5.02 Å². The van der Waals surface area contributed by atoms with Gasteiger partial charge in [0, 0.05) is 24.2 Å². The highest BCUT2D eigenvalue weighted by Gasteiger charge is 2.18. The van der Waals surface area contributed by atoms with Gasteiger partial charge in [0.2, 0.25) is 0 Å². The van der Waals surface area contributed by atoms with Crippen molar-refractivity contribution in [2.75, 3.05) is 20.0 Å². The minimum absolute atomic E-state index is 0.515. The summed E-state index contributed by atoms with van der Waals surface area (Å²) in [6.45, 7) is 1.88. The summed E-state index contributed by atoms with van der Waals surface area (Å²) in [5.74, 6) is 1.82. The molecule has 2 N–H and O–H groups in total. The Labute approximate surface area is 116 Å². The van der Waals surface area contributed by atoms with E-state index in [1.807, 2.05) is 13.0 Å². The number of nitrogens with zero attached hydrogens (tertiary/aromatic N) is 2. The normalized spacial score (nSPS) is 10.6. The van der Waals surface area contributed by atoms with E-state index in [-0.39, 0.29) is 0 Å². The molecule has 0 atom stereocenters. The molecule has 0 fully saturated rings. The lowest BCUT2D eigenvalue weighted by Gasteiger charge is -2.14. The van der Waals surface area contributed by atoms with Crippen LogP contribution in [0.3, 0.4) is 0 Å². The van der Waals surface area contributed by atoms with E-state index in [0.717, 1.165) is 11.1 Å². The second-order valence-corrected chi connectivity index (χ2v) is 4.55. The van der Waals surface area contributed by atoms with Crippen LogP contribution in [-0.4, -0.2) is 24.0 Å². The van der Waals surface area contributed by atoms with Gasteiger partial charge < -0.3 is 15.2 Å². The highest BCUT2D eigenvalue weighted by molar-refractivity contribution is 6.33. The third-order valence-electron chi connectivity index (χ3n) is 3.03. The quantitative estimate of drug-likeness (QED) is 0.939. The molecule has 2 aromatic rings. The van der Waals surface area contributed by atoms with Gasteiger partial charge in [0.15, 0.2) is 0 Å². The number of benzene rings is 1. The molecule has 6 heteroatoms. The van der Waals surface area contributed by atoms with E-state index in [1.165, 1.54) is 0 Å². The van der Waals surface area contributed by atoms with Gasteiger partial charge in [-0.2, -0.15) is 5.10 Å². The summed E-state index contributed by atoms with van der Waals surface area (Å²) in [7, 11) is 4.95. The Morgan fingerprint density at radius 3 is 2.42 bits per heavy atom. The van der Waals surface area contributed by atoms with E-state index < -0.39 is 0 Å². The molecule has 0 unspecified atom stereocenters. The molecule has 102 valence electrons. The number of rotatable bonds is 3. The minimum Gasteiger partial charge on any atom is -0.496 e. The van der Waals surface area contributed by atoms with Crippen LogP contribution in [0.15, 0.2) is 12.1 Å². The summed E-state index contributed by atoms with van der Waals surface area (Å²) in [6.07, 6.45) is 0. The van der Waals surface area contributed by atoms with Gasteiger partial charge in [-0.05, 0) is 13.0 Å². The molecule has 2 rings (SSSR count). The van der Waals surface area contributed by atoms with E-state index in [9.17, 15) is 0 Å². The third-order valence-corrected chi connectivity index (χ3v) is 3.49. The number of ether oxygens (including phenoxy) is 2. The van der Waals surface area contributed by atoms with Gasteiger partial charge >= 0.3 is 0 Å². The number of nitrogens with two attached hydrogens (primary N) is 1. The number of nitrogen functional groups attached to an aromatic ring is 1. The van der Waals surface area contributed by atoms with Crippen LogP contribution in [0.1, 0.15) is 5.56 Å². The highest BCUT2D eigenvalue weighted by atomic mass is 35.5. The Morgan fingerprint density at radius 2 is 1.95 bits per heavy atom. The summed E-state index contributed by atoms with van der Waals surface area (Å²) in [4.78, 5) is 0. The summed E-state index contributed by atoms with van der Waals surface area (Å²) >= 11 is 6.31. The smallest absolute Gasteiger partial charge is 0.147 e. The number of methoxy groups -OCH3 is 2. The van der Waals surface area contributed by atoms with Crippen LogP contribution in [0.4, 0.5) is 5.82 Å². The molecule has 0 saturated heterocycles. The van der Waals surface area contributed by atoms with Gasteiger partial charge in [-0.15, -0.1) is 0 Å². The number of aryl methyl sites for hydroxylation is 1. The molecule has 1 aromatic heterocycles. The first-order valence-corrected chi connectivity index (χ1v) is 6.08. The predicted octanol–water partition coefficient (Wildman–Crippen LogP) is 2.65. The first-order valence-electron chi connectivity index (χ1n) is 5.70. The lowest BCUT2D eigenvalue weighted by Crippen LogP contribution is -1.98. The first-order chi connectivity index (χ1) is 8.99. The van der Waals surface area contributed by atoms with E-state index >= 15 is 0 Å². The minimum atomic E-state index is 0.515. The van der Waals surface area contributed by atoms with Crippen molar-refractivity contribution in [1.82, 2.24) is 9.78 Å². The van der Waals surface area contributed by atoms with Crippen molar-refractivity contribution in [3.63, 3.8) is 0 Å². The SMILES string of the molecule is COc1cc(-c2cc(N)n(C)n2)c(OC)c(Cl)c1C. The molecule has 1 heterocycles. The average molecular weight is 282 g/mol. The Balaban J connectivity index is 2.71. The van der Waals surface area contributed by atoms with Gasteiger partial charge in [-0.1, -0.05) is 11.6 Å². The van der Waals surface area contributed by atoms with Crippen LogP contribution < -0.4 is 15.2 Å². The molecule has 0 radical (unpaired) electrons. The standard InChI is InChI=1S/C13H16ClN3O2/c1-7-10(18-3)5-8(13(19-4)12(7)14)9-6-11(15)17(2)16-9/h5-6H,15H2,1-4H3. The molecule has 1 aromatic carbocycles. The second-order valence-electron chi connectivity index (χ2n) is 4.18. The van der Waals surface area contributed by atoms with E-state index in [1.54, 1.807) is 32.0 Å². The van der Waals surface area contributed by atoms with Crippen LogP contribution in [0, 0.1) is 6.92 Å². The zero-order chi connectivity index (χ0) is 14.2. The maximum atomic E-state index is 6.31. The van der Waals surface area contributed by atoms with Crippen LogP contribution >= 0.6 is 11.6 Å². The molecule has 5 nitrogen and oxygen atoms in total. The number of hydrogen-bond donors (Lipinski definition) is 1. The summed E-state index contributed by atoms with van der Waals surface area (Å²) in [6, 6.07) is 3.62. The third kappa shape index (κ3) is 2.21. The zero-order valence-corrected chi connectivity index (χ0v) is 12.1. The van der Waals surface area contributed by atoms with E-state index in [0.29, 0.717) is 28.0 Å². The van der Waals surface area contributed by atoms with Crippen molar-refractivity contribution in [3.8, 4) is 22.8 Å². The fourth-order valence-corrected chi connectivity index (χ4v) is 2.19. The molecular weight excluding hydrogens is 266 g/mol. The Hall–Kier alpha value is -1.88. The molecule has 0 spiro atoms. The fourth-order valence-electron chi connectivity index (χ4n) is 1.92. The molecule has 0 amide bonds. The Bertz CT molecular complexity index is 603. The number of anilines is 1. The van der Waals surface area contributed by atoms with Crippen LogP contribution in [-0.2, 0) is 7.05 Å². The van der Waals surface area contributed by atoms with Crippen molar-refractivity contribution < 1.29 is 9.47 Å².